The van der Waals surface area contributed by atoms with E-state index < -0.39 is 18.3 Å². The molecule has 0 aliphatic carbocycles. The van der Waals surface area contributed by atoms with Crippen molar-refractivity contribution < 1.29 is 14.1 Å². The Balaban J connectivity index is 1.69. The van der Waals surface area contributed by atoms with Crippen LogP contribution in [0.5, 0.6) is 0 Å². The third-order valence-corrected chi connectivity index (χ3v) is 4.59. The van der Waals surface area contributed by atoms with Crippen molar-refractivity contribution in [3.63, 3.8) is 0 Å². The third kappa shape index (κ3) is 3.83. The molecule has 2 heterocycles. The van der Waals surface area contributed by atoms with Crippen LogP contribution in [0.15, 0.2) is 48.8 Å². The van der Waals surface area contributed by atoms with E-state index >= 15 is 0 Å². The van der Waals surface area contributed by atoms with Gasteiger partial charge in [0, 0.05) is 11.9 Å². The summed E-state index contributed by atoms with van der Waals surface area (Å²) in [5.74, 6) is 0. The molecule has 3 rings (SSSR count). The first-order chi connectivity index (χ1) is 11.8. The summed E-state index contributed by atoms with van der Waals surface area (Å²) in [6.45, 7) is 8.04. The van der Waals surface area contributed by atoms with Crippen molar-refractivity contribution in [1.82, 2.24) is 4.98 Å². The lowest BCUT2D eigenvalue weighted by atomic mass is 9.79. The Morgan fingerprint density at radius 2 is 1.64 bits per heavy atom. The molecule has 0 bridgehead atoms. The van der Waals surface area contributed by atoms with Crippen LogP contribution in [-0.4, -0.2) is 29.3 Å². The van der Waals surface area contributed by atoms with Gasteiger partial charge in [-0.05, 0) is 57.4 Å². The highest BCUT2D eigenvalue weighted by molar-refractivity contribution is 6.62. The summed E-state index contributed by atoms with van der Waals surface area (Å²) in [5, 5.41) is 5.54. The largest absolute Gasteiger partial charge is 0.494 e. The molecule has 6 nitrogen and oxygen atoms in total. The number of pyridine rings is 1. The zero-order chi connectivity index (χ0) is 18.1. The van der Waals surface area contributed by atoms with Crippen LogP contribution < -0.4 is 16.1 Å². The molecular formula is C18H22BN3O3. The van der Waals surface area contributed by atoms with Gasteiger partial charge in [0.2, 0.25) is 0 Å². The molecule has 0 unspecified atom stereocenters. The summed E-state index contributed by atoms with van der Waals surface area (Å²) in [6, 6.07) is 10.6. The summed E-state index contributed by atoms with van der Waals surface area (Å²) in [7, 11) is -0.465. The molecule has 1 aromatic carbocycles. The topological polar surface area (TPSA) is 72.5 Å². The summed E-state index contributed by atoms with van der Waals surface area (Å²) < 4.78 is 12.1. The van der Waals surface area contributed by atoms with Gasteiger partial charge in [0.05, 0.1) is 23.1 Å². The van der Waals surface area contributed by atoms with Crippen LogP contribution in [0, 0.1) is 0 Å². The van der Waals surface area contributed by atoms with Crippen molar-refractivity contribution in [2.24, 2.45) is 0 Å². The lowest BCUT2D eigenvalue weighted by Crippen LogP contribution is -2.41. The van der Waals surface area contributed by atoms with Crippen LogP contribution in [-0.2, 0) is 9.31 Å². The van der Waals surface area contributed by atoms with E-state index in [1.54, 1.807) is 24.5 Å². The molecule has 2 aromatic rings. The van der Waals surface area contributed by atoms with Crippen molar-refractivity contribution in [2.75, 3.05) is 10.6 Å². The number of amides is 2. The first-order valence-electron chi connectivity index (χ1n) is 8.20. The molecule has 2 amide bonds. The van der Waals surface area contributed by atoms with Gasteiger partial charge in [0.1, 0.15) is 0 Å². The number of hydrogen-bond donors (Lipinski definition) is 2. The molecule has 2 N–H and O–H groups in total. The van der Waals surface area contributed by atoms with E-state index in [-0.39, 0.29) is 6.03 Å². The molecule has 1 saturated heterocycles. The Kier molecular flexibility index (Phi) is 4.54. The smallest absolute Gasteiger partial charge is 0.399 e. The summed E-state index contributed by atoms with van der Waals surface area (Å²) >= 11 is 0. The Morgan fingerprint density at radius 3 is 2.28 bits per heavy atom. The van der Waals surface area contributed by atoms with Gasteiger partial charge < -0.3 is 19.9 Å². The second kappa shape index (κ2) is 6.50. The number of anilines is 2. The standard InChI is InChI=1S/C18H22BN3O3/c1-17(2)18(3,4)25-19(24-17)13-7-5-8-14(11-13)21-16(23)22-15-9-6-10-20-12-15/h5-12H,1-4H3,(H2,21,22,23). The second-order valence-corrected chi connectivity index (χ2v) is 7.03. The predicted octanol–water partition coefficient (Wildman–Crippen LogP) is 3.02. The molecule has 0 spiro atoms. The van der Waals surface area contributed by atoms with E-state index in [0.29, 0.717) is 11.4 Å². The number of urea groups is 1. The van der Waals surface area contributed by atoms with Gasteiger partial charge in [0.25, 0.3) is 0 Å². The van der Waals surface area contributed by atoms with Crippen LogP contribution in [0.1, 0.15) is 27.7 Å². The first-order valence-corrected chi connectivity index (χ1v) is 8.20. The highest BCUT2D eigenvalue weighted by atomic mass is 16.7. The van der Waals surface area contributed by atoms with E-state index in [2.05, 4.69) is 15.6 Å². The highest BCUT2D eigenvalue weighted by Crippen LogP contribution is 2.36. The monoisotopic (exact) mass is 339 g/mol. The molecule has 130 valence electrons. The minimum atomic E-state index is -0.465. The Hall–Kier alpha value is -2.38. The zero-order valence-corrected chi connectivity index (χ0v) is 14.9. The minimum absolute atomic E-state index is 0.334. The van der Waals surface area contributed by atoms with Crippen molar-refractivity contribution >= 4 is 30.0 Å². The predicted molar refractivity (Wildman–Crippen MR) is 99.0 cm³/mol. The van der Waals surface area contributed by atoms with Gasteiger partial charge >= 0.3 is 13.1 Å². The fourth-order valence-electron chi connectivity index (χ4n) is 2.47. The maximum absolute atomic E-state index is 12.1. The van der Waals surface area contributed by atoms with Crippen molar-refractivity contribution in [2.45, 2.75) is 38.9 Å². The molecular weight excluding hydrogens is 317 g/mol. The average Bonchev–Trinajstić information content (AvgIpc) is 2.76. The Morgan fingerprint density at radius 1 is 1.00 bits per heavy atom. The average molecular weight is 339 g/mol. The number of nitrogens with zero attached hydrogens (tertiary/aromatic N) is 1. The number of hydrogen-bond acceptors (Lipinski definition) is 4. The molecule has 1 fully saturated rings. The van der Waals surface area contributed by atoms with E-state index in [9.17, 15) is 4.79 Å². The molecule has 1 aromatic heterocycles. The number of carbonyl (C=O) groups excluding carboxylic acids is 1. The molecule has 0 saturated carbocycles. The number of aromatic nitrogens is 1. The first kappa shape index (κ1) is 17.4. The molecule has 0 radical (unpaired) electrons. The van der Waals surface area contributed by atoms with Gasteiger partial charge in [-0.1, -0.05) is 12.1 Å². The van der Waals surface area contributed by atoms with Gasteiger partial charge in [-0.2, -0.15) is 0 Å². The van der Waals surface area contributed by atoms with Crippen LogP contribution in [0.4, 0.5) is 16.2 Å². The van der Waals surface area contributed by atoms with Gasteiger partial charge in [0.15, 0.2) is 0 Å². The fourth-order valence-corrected chi connectivity index (χ4v) is 2.47. The van der Waals surface area contributed by atoms with E-state index in [1.807, 2.05) is 52.0 Å². The van der Waals surface area contributed by atoms with Crippen LogP contribution in [0.25, 0.3) is 0 Å². The SMILES string of the molecule is CC1(C)OB(c2cccc(NC(=O)Nc3cccnc3)c2)OC1(C)C. The fraction of sp³-hybridized carbons (Fsp3) is 0.333. The van der Waals surface area contributed by atoms with Crippen molar-refractivity contribution in [3.8, 4) is 0 Å². The maximum Gasteiger partial charge on any atom is 0.494 e. The van der Waals surface area contributed by atoms with E-state index in [0.717, 1.165) is 5.46 Å². The molecule has 0 atom stereocenters. The summed E-state index contributed by atoms with van der Waals surface area (Å²) in [5.41, 5.74) is 1.34. The van der Waals surface area contributed by atoms with E-state index in [1.165, 1.54) is 0 Å². The number of carbonyl (C=O) groups is 1. The van der Waals surface area contributed by atoms with E-state index in [4.69, 9.17) is 9.31 Å². The van der Waals surface area contributed by atoms with Crippen LogP contribution >= 0.6 is 0 Å². The van der Waals surface area contributed by atoms with Gasteiger partial charge in [-0.25, -0.2) is 4.79 Å². The lowest BCUT2D eigenvalue weighted by Gasteiger charge is -2.32. The highest BCUT2D eigenvalue weighted by Gasteiger charge is 2.51. The van der Waals surface area contributed by atoms with Crippen molar-refractivity contribution in [3.05, 3.63) is 48.8 Å². The Bertz CT molecular complexity index is 749. The van der Waals surface area contributed by atoms with Crippen LogP contribution in [0.3, 0.4) is 0 Å². The Labute approximate surface area is 148 Å². The third-order valence-electron chi connectivity index (χ3n) is 4.59. The molecule has 1 aliphatic heterocycles. The molecule has 1 aliphatic rings. The molecule has 7 heteroatoms. The van der Waals surface area contributed by atoms with Crippen LogP contribution in [0.2, 0.25) is 0 Å². The number of nitrogens with one attached hydrogen (secondary N) is 2. The lowest BCUT2D eigenvalue weighted by molar-refractivity contribution is 0.00578. The zero-order valence-electron chi connectivity index (χ0n) is 14.9. The van der Waals surface area contributed by atoms with Gasteiger partial charge in [-0.15, -0.1) is 0 Å². The summed E-state index contributed by atoms with van der Waals surface area (Å²) in [4.78, 5) is 16.1. The van der Waals surface area contributed by atoms with Gasteiger partial charge in [-0.3, -0.25) is 4.98 Å². The second-order valence-electron chi connectivity index (χ2n) is 7.03. The van der Waals surface area contributed by atoms with Crippen molar-refractivity contribution in [1.29, 1.82) is 0 Å². The maximum atomic E-state index is 12.1. The minimum Gasteiger partial charge on any atom is -0.399 e. The normalized spacial score (nSPS) is 18.0. The number of benzene rings is 1. The molecule has 25 heavy (non-hydrogen) atoms. The quantitative estimate of drug-likeness (QED) is 0.843. The summed E-state index contributed by atoms with van der Waals surface area (Å²) in [6.07, 6.45) is 3.23. The number of rotatable bonds is 3.